The Balaban J connectivity index is 1.86. The van der Waals surface area contributed by atoms with Gasteiger partial charge in [0.05, 0.1) is 11.4 Å². The van der Waals surface area contributed by atoms with Crippen molar-refractivity contribution in [3.8, 4) is 11.4 Å². The number of tetrazole rings is 1. The third-order valence-corrected chi connectivity index (χ3v) is 4.63. The van der Waals surface area contributed by atoms with Crippen LogP contribution >= 0.6 is 0 Å². The van der Waals surface area contributed by atoms with Gasteiger partial charge >= 0.3 is 5.69 Å². The van der Waals surface area contributed by atoms with Crippen LogP contribution in [-0.4, -0.2) is 32.1 Å². The van der Waals surface area contributed by atoms with Gasteiger partial charge < -0.3 is 9.57 Å². The molecule has 0 spiro atoms. The number of aryl methyl sites for hydroxylation is 3. The van der Waals surface area contributed by atoms with Gasteiger partial charge in [-0.2, -0.15) is 9.36 Å². The minimum atomic E-state index is -0.304. The van der Waals surface area contributed by atoms with Crippen molar-refractivity contribution in [2.75, 3.05) is 6.61 Å². The van der Waals surface area contributed by atoms with Gasteiger partial charge in [0.1, 0.15) is 19.0 Å². The fourth-order valence-electron chi connectivity index (χ4n) is 2.94. The lowest BCUT2D eigenvalue weighted by molar-refractivity contribution is 0.159. The molecule has 29 heavy (non-hydrogen) atoms. The molecule has 0 saturated heterocycles. The van der Waals surface area contributed by atoms with Gasteiger partial charge in [-0.15, -0.1) is 0 Å². The molecule has 152 valence electrons. The lowest BCUT2D eigenvalue weighted by Gasteiger charge is -2.15. The largest absolute Gasteiger partial charge is 0.489 e. The minimum absolute atomic E-state index is 0.303. The second kappa shape index (κ2) is 8.72. The summed E-state index contributed by atoms with van der Waals surface area (Å²) in [6, 6.07) is 11.6. The maximum absolute atomic E-state index is 12.3. The summed E-state index contributed by atoms with van der Waals surface area (Å²) >= 11 is 0. The molecule has 3 aromatic rings. The first kappa shape index (κ1) is 20.3. The fraction of sp³-hybridized carbons (Fsp3) is 0.333. The van der Waals surface area contributed by atoms with Crippen molar-refractivity contribution in [3.63, 3.8) is 0 Å². The number of ether oxygens (including phenoxy) is 1. The third kappa shape index (κ3) is 4.37. The molecule has 0 atom stereocenters. The van der Waals surface area contributed by atoms with Gasteiger partial charge in [0.25, 0.3) is 0 Å². The second-order valence-corrected chi connectivity index (χ2v) is 6.73. The van der Waals surface area contributed by atoms with Gasteiger partial charge in [-0.25, -0.2) is 4.79 Å². The zero-order valence-corrected chi connectivity index (χ0v) is 17.3. The molecule has 3 rings (SSSR count). The molecule has 0 amide bonds. The monoisotopic (exact) mass is 395 g/mol. The average Bonchev–Trinajstić information content (AvgIpc) is 3.04. The van der Waals surface area contributed by atoms with Crippen molar-refractivity contribution in [2.45, 2.75) is 34.3 Å². The van der Waals surface area contributed by atoms with Crippen LogP contribution in [0.4, 0.5) is 0 Å². The van der Waals surface area contributed by atoms with E-state index in [1.165, 1.54) is 9.36 Å². The average molecular weight is 395 g/mol. The van der Waals surface area contributed by atoms with Gasteiger partial charge in [0.2, 0.25) is 0 Å². The maximum Gasteiger partial charge on any atom is 0.368 e. The molecule has 1 aromatic heterocycles. The Morgan fingerprint density at radius 2 is 1.93 bits per heavy atom. The third-order valence-electron chi connectivity index (χ3n) is 4.63. The molecule has 0 aliphatic rings. The van der Waals surface area contributed by atoms with Crippen molar-refractivity contribution in [2.24, 2.45) is 12.2 Å². The first-order valence-corrected chi connectivity index (χ1v) is 9.40. The molecule has 0 bridgehead atoms. The number of benzene rings is 2. The summed E-state index contributed by atoms with van der Waals surface area (Å²) in [4.78, 5) is 17.4. The van der Waals surface area contributed by atoms with Crippen LogP contribution in [0.25, 0.3) is 5.69 Å². The molecule has 0 saturated carbocycles. The van der Waals surface area contributed by atoms with Gasteiger partial charge in [0.15, 0.2) is 0 Å². The summed E-state index contributed by atoms with van der Waals surface area (Å²) in [6.45, 7) is 8.60. The molecule has 2 aromatic carbocycles. The molecule has 0 fully saturated rings. The van der Waals surface area contributed by atoms with E-state index in [-0.39, 0.29) is 5.69 Å². The van der Waals surface area contributed by atoms with Crippen LogP contribution in [0.3, 0.4) is 0 Å². The van der Waals surface area contributed by atoms with Gasteiger partial charge in [-0.3, -0.25) is 0 Å². The van der Waals surface area contributed by atoms with Crippen molar-refractivity contribution in [1.82, 2.24) is 19.8 Å². The van der Waals surface area contributed by atoms with E-state index in [0.29, 0.717) is 18.9 Å². The quantitative estimate of drug-likeness (QED) is 0.454. The van der Waals surface area contributed by atoms with Gasteiger partial charge in [-0.1, -0.05) is 17.3 Å². The smallest absolute Gasteiger partial charge is 0.368 e. The van der Waals surface area contributed by atoms with E-state index in [1.54, 1.807) is 7.05 Å². The molecule has 0 N–H and O–H groups in total. The van der Waals surface area contributed by atoms with Crippen molar-refractivity contribution in [3.05, 3.63) is 69.1 Å². The molecule has 0 radical (unpaired) electrons. The summed E-state index contributed by atoms with van der Waals surface area (Å²) in [5.74, 6) is 0.763. The number of nitrogens with zero attached hydrogens (tertiary/aromatic N) is 5. The van der Waals surface area contributed by atoms with Crippen LogP contribution in [0.5, 0.6) is 5.75 Å². The summed E-state index contributed by atoms with van der Waals surface area (Å²) in [6.07, 6.45) is 0. The summed E-state index contributed by atoms with van der Waals surface area (Å²) in [5.41, 5.74) is 5.02. The highest BCUT2D eigenvalue weighted by Crippen LogP contribution is 2.24. The highest BCUT2D eigenvalue weighted by molar-refractivity contribution is 5.98. The van der Waals surface area contributed by atoms with Crippen LogP contribution in [0.1, 0.15) is 36.1 Å². The van der Waals surface area contributed by atoms with Crippen LogP contribution in [0.2, 0.25) is 0 Å². The Morgan fingerprint density at radius 1 is 1.14 bits per heavy atom. The molecule has 0 aliphatic heterocycles. The van der Waals surface area contributed by atoms with Crippen LogP contribution < -0.4 is 10.4 Å². The number of hydrogen-bond donors (Lipinski definition) is 0. The normalized spacial score (nSPS) is 11.6. The van der Waals surface area contributed by atoms with E-state index < -0.39 is 0 Å². The van der Waals surface area contributed by atoms with Crippen LogP contribution in [-0.2, 0) is 18.5 Å². The fourth-order valence-corrected chi connectivity index (χ4v) is 2.94. The molecular formula is C21H25N5O3. The summed E-state index contributed by atoms with van der Waals surface area (Å²) < 4.78 is 8.57. The van der Waals surface area contributed by atoms with Gasteiger partial charge in [-0.05, 0) is 79.1 Å². The lowest BCUT2D eigenvalue weighted by atomic mass is 10.1. The number of oxime groups is 1. The summed E-state index contributed by atoms with van der Waals surface area (Å²) in [7, 11) is 1.57. The van der Waals surface area contributed by atoms with Gasteiger partial charge in [0, 0.05) is 12.6 Å². The first-order chi connectivity index (χ1) is 13.9. The minimum Gasteiger partial charge on any atom is -0.489 e. The number of aromatic nitrogens is 4. The van der Waals surface area contributed by atoms with Crippen molar-refractivity contribution < 1.29 is 9.57 Å². The SMILES string of the molecule is CCO/N=C(/C)c1ccc(OCc2c(C)cccc2-n2nnn(C)c2=O)c(C)c1. The number of rotatable bonds is 7. The second-order valence-electron chi connectivity index (χ2n) is 6.73. The highest BCUT2D eigenvalue weighted by Gasteiger charge is 2.14. The molecule has 0 aliphatic carbocycles. The lowest BCUT2D eigenvalue weighted by Crippen LogP contribution is -2.23. The Bertz CT molecular complexity index is 1100. The molecular weight excluding hydrogens is 370 g/mol. The molecule has 8 nitrogen and oxygen atoms in total. The predicted octanol–water partition coefficient (Wildman–Crippen LogP) is 2.92. The zero-order valence-electron chi connectivity index (χ0n) is 17.3. The van der Waals surface area contributed by atoms with E-state index in [0.717, 1.165) is 33.7 Å². The highest BCUT2D eigenvalue weighted by atomic mass is 16.6. The molecule has 1 heterocycles. The first-order valence-electron chi connectivity index (χ1n) is 9.40. The standard InChI is InChI=1S/C21H25N5O3/c1-6-29-22-16(4)17-10-11-20(15(3)12-17)28-13-18-14(2)8-7-9-19(18)26-21(27)25(5)23-24-26/h7-12H,6,13H2,1-5H3/b22-16-. The van der Waals surface area contributed by atoms with E-state index in [2.05, 4.69) is 15.6 Å². The number of hydrogen-bond acceptors (Lipinski definition) is 6. The van der Waals surface area contributed by atoms with Crippen LogP contribution in [0, 0.1) is 13.8 Å². The van der Waals surface area contributed by atoms with E-state index in [9.17, 15) is 4.79 Å². The Hall–Kier alpha value is -3.42. The Labute approximate surface area is 169 Å². The van der Waals surface area contributed by atoms with E-state index >= 15 is 0 Å². The van der Waals surface area contributed by atoms with Crippen molar-refractivity contribution in [1.29, 1.82) is 0 Å². The predicted molar refractivity (Wildman–Crippen MR) is 111 cm³/mol. The topological polar surface area (TPSA) is 83.5 Å². The molecule has 8 heteroatoms. The van der Waals surface area contributed by atoms with Crippen molar-refractivity contribution >= 4 is 5.71 Å². The maximum atomic E-state index is 12.3. The zero-order chi connectivity index (χ0) is 21.0. The Kier molecular flexibility index (Phi) is 6.11. The van der Waals surface area contributed by atoms with E-state index in [1.807, 2.05) is 64.1 Å². The van der Waals surface area contributed by atoms with Crippen LogP contribution in [0.15, 0.2) is 46.3 Å². The summed E-state index contributed by atoms with van der Waals surface area (Å²) in [5, 5.41) is 11.8. The molecule has 0 unspecified atom stereocenters. The van der Waals surface area contributed by atoms with E-state index in [4.69, 9.17) is 9.57 Å². The Morgan fingerprint density at radius 3 is 2.59 bits per heavy atom.